The van der Waals surface area contributed by atoms with Crippen LogP contribution in [0.15, 0.2) is 24.4 Å². The number of nitrogens with zero attached hydrogens (tertiary/aromatic N) is 3. The molecule has 0 spiro atoms. The molecular formula is C21H30N4O3. The van der Waals surface area contributed by atoms with Crippen molar-refractivity contribution in [3.05, 3.63) is 35.5 Å². The molecule has 2 fully saturated rings. The topological polar surface area (TPSA) is 83.0 Å². The number of H-pyrrole nitrogens is 1. The summed E-state index contributed by atoms with van der Waals surface area (Å²) in [4.78, 5) is 22.4. The molecule has 0 radical (unpaired) electrons. The van der Waals surface area contributed by atoms with Crippen molar-refractivity contribution in [2.24, 2.45) is 0 Å². The highest BCUT2D eigenvalue weighted by Crippen LogP contribution is 2.30. The van der Waals surface area contributed by atoms with Crippen molar-refractivity contribution in [2.45, 2.75) is 25.5 Å². The van der Waals surface area contributed by atoms with E-state index in [1.165, 1.54) is 25.9 Å². The zero-order valence-corrected chi connectivity index (χ0v) is 16.3. The van der Waals surface area contributed by atoms with Crippen LogP contribution in [0.3, 0.4) is 0 Å². The van der Waals surface area contributed by atoms with Crippen LogP contribution in [0.4, 0.5) is 0 Å². The number of hydrogen-bond acceptors (Lipinski definition) is 5. The second kappa shape index (κ2) is 8.61. The predicted octanol–water partition coefficient (Wildman–Crippen LogP) is 1.50. The molecular weight excluding hydrogens is 356 g/mol. The molecule has 3 heterocycles. The molecule has 28 heavy (non-hydrogen) atoms. The number of nitrogens with one attached hydrogen (secondary N) is 1. The minimum Gasteiger partial charge on any atom is -0.480 e. The molecule has 0 bridgehead atoms. The Morgan fingerprint density at radius 2 is 1.71 bits per heavy atom. The van der Waals surface area contributed by atoms with E-state index in [2.05, 4.69) is 19.7 Å². The number of fused-ring (bicyclic) bond motifs is 1. The van der Waals surface area contributed by atoms with Gasteiger partial charge in [0.2, 0.25) is 0 Å². The van der Waals surface area contributed by atoms with Crippen LogP contribution in [0.2, 0.25) is 0 Å². The zero-order chi connectivity index (χ0) is 19.5. The molecule has 2 aromatic rings. The van der Waals surface area contributed by atoms with Gasteiger partial charge in [0.15, 0.2) is 0 Å². The van der Waals surface area contributed by atoms with Crippen LogP contribution in [-0.4, -0.2) is 88.2 Å². The average molecular weight is 386 g/mol. The Hall–Kier alpha value is -1.93. The van der Waals surface area contributed by atoms with E-state index in [-0.39, 0.29) is 6.61 Å². The van der Waals surface area contributed by atoms with Crippen LogP contribution >= 0.6 is 0 Å². The number of piperazine rings is 1. The Morgan fingerprint density at radius 3 is 2.36 bits per heavy atom. The van der Waals surface area contributed by atoms with Gasteiger partial charge in [-0.2, -0.15) is 0 Å². The van der Waals surface area contributed by atoms with E-state index >= 15 is 0 Å². The minimum absolute atomic E-state index is 0.0476. The van der Waals surface area contributed by atoms with Crippen molar-refractivity contribution in [2.75, 3.05) is 52.4 Å². The maximum Gasteiger partial charge on any atom is 0.325 e. The fourth-order valence-electron chi connectivity index (χ4n) is 4.53. The first-order valence-electron chi connectivity index (χ1n) is 10.3. The number of carbonyl (C=O) groups is 1. The molecule has 2 saturated heterocycles. The third-order valence-electron chi connectivity index (χ3n) is 6.19. The van der Waals surface area contributed by atoms with Crippen LogP contribution in [0, 0.1) is 0 Å². The Morgan fingerprint density at radius 1 is 1.04 bits per heavy atom. The van der Waals surface area contributed by atoms with Crippen LogP contribution in [-0.2, 0) is 11.4 Å². The van der Waals surface area contributed by atoms with E-state index in [4.69, 9.17) is 0 Å². The Labute approximate surface area is 165 Å². The average Bonchev–Trinajstić information content (AvgIpc) is 3.37. The number of likely N-dealkylation sites (tertiary alicyclic amines) is 1. The number of benzene rings is 1. The SMILES string of the molecule is O=C(O)[C@H](c1c[nH]c2ccc(CO)cc12)N1CCN(CCN2CCCC2)CC1. The molecule has 152 valence electrons. The molecule has 2 aliphatic heterocycles. The molecule has 1 atom stereocenters. The highest BCUT2D eigenvalue weighted by molar-refractivity contribution is 5.89. The van der Waals surface area contributed by atoms with Gasteiger partial charge in [-0.3, -0.25) is 14.6 Å². The zero-order valence-electron chi connectivity index (χ0n) is 16.3. The molecule has 0 amide bonds. The summed E-state index contributed by atoms with van der Waals surface area (Å²) in [5, 5.41) is 20.3. The number of carboxylic acid groups (broad SMARTS) is 1. The highest BCUT2D eigenvalue weighted by atomic mass is 16.4. The summed E-state index contributed by atoms with van der Waals surface area (Å²) in [7, 11) is 0. The standard InChI is InChI=1S/C21H30N4O3/c26-15-16-3-4-19-17(13-16)18(14-22-19)20(21(27)28)25-11-9-24(10-12-25)8-7-23-5-1-2-6-23/h3-4,13-14,20,22,26H,1-2,5-12,15H2,(H,27,28)/t20-/m0/s1. The maximum absolute atomic E-state index is 12.2. The summed E-state index contributed by atoms with van der Waals surface area (Å²) in [6.07, 6.45) is 4.44. The van der Waals surface area contributed by atoms with E-state index < -0.39 is 12.0 Å². The molecule has 7 heteroatoms. The largest absolute Gasteiger partial charge is 0.480 e. The van der Waals surface area contributed by atoms with Gasteiger partial charge in [0.1, 0.15) is 6.04 Å². The second-order valence-corrected chi connectivity index (χ2v) is 7.95. The number of aromatic amines is 1. The molecule has 4 rings (SSSR count). The van der Waals surface area contributed by atoms with E-state index in [9.17, 15) is 15.0 Å². The van der Waals surface area contributed by atoms with Crippen molar-refractivity contribution in [1.29, 1.82) is 0 Å². The van der Waals surface area contributed by atoms with Gasteiger partial charge < -0.3 is 20.1 Å². The fraction of sp³-hybridized carbons (Fsp3) is 0.571. The smallest absolute Gasteiger partial charge is 0.325 e. The van der Waals surface area contributed by atoms with Gasteiger partial charge in [0.05, 0.1) is 6.61 Å². The lowest BCUT2D eigenvalue weighted by atomic mass is 10.0. The molecule has 7 nitrogen and oxygen atoms in total. The van der Waals surface area contributed by atoms with Gasteiger partial charge in [0, 0.05) is 61.9 Å². The first-order valence-corrected chi connectivity index (χ1v) is 10.3. The van der Waals surface area contributed by atoms with E-state index in [0.29, 0.717) is 0 Å². The van der Waals surface area contributed by atoms with Gasteiger partial charge in [-0.05, 0) is 43.6 Å². The number of carboxylic acids is 1. The third kappa shape index (κ3) is 4.07. The molecule has 0 aliphatic carbocycles. The van der Waals surface area contributed by atoms with Crippen molar-refractivity contribution < 1.29 is 15.0 Å². The first kappa shape index (κ1) is 19.4. The van der Waals surface area contributed by atoms with Crippen molar-refractivity contribution in [1.82, 2.24) is 19.7 Å². The lowest BCUT2D eigenvalue weighted by Crippen LogP contribution is -2.50. The summed E-state index contributed by atoms with van der Waals surface area (Å²) >= 11 is 0. The summed E-state index contributed by atoms with van der Waals surface area (Å²) in [5.41, 5.74) is 2.48. The monoisotopic (exact) mass is 386 g/mol. The molecule has 1 aromatic carbocycles. The quantitative estimate of drug-likeness (QED) is 0.669. The van der Waals surface area contributed by atoms with Gasteiger partial charge in [-0.1, -0.05) is 6.07 Å². The number of hydrogen-bond donors (Lipinski definition) is 3. The van der Waals surface area contributed by atoms with E-state index in [1.54, 1.807) is 0 Å². The van der Waals surface area contributed by atoms with Gasteiger partial charge in [-0.15, -0.1) is 0 Å². The normalized spacial score (nSPS) is 20.8. The Balaban J connectivity index is 1.44. The number of aliphatic hydroxyl groups is 1. The number of aliphatic hydroxyl groups excluding tert-OH is 1. The Bertz CT molecular complexity index is 807. The van der Waals surface area contributed by atoms with Crippen LogP contribution < -0.4 is 0 Å². The highest BCUT2D eigenvalue weighted by Gasteiger charge is 2.32. The van der Waals surface area contributed by atoms with Gasteiger partial charge in [0.25, 0.3) is 0 Å². The third-order valence-corrected chi connectivity index (χ3v) is 6.19. The van der Waals surface area contributed by atoms with Crippen LogP contribution in [0.25, 0.3) is 10.9 Å². The molecule has 0 saturated carbocycles. The fourth-order valence-corrected chi connectivity index (χ4v) is 4.53. The summed E-state index contributed by atoms with van der Waals surface area (Å²) in [5.74, 6) is -0.819. The van der Waals surface area contributed by atoms with Gasteiger partial charge >= 0.3 is 5.97 Å². The predicted molar refractivity (Wildman–Crippen MR) is 108 cm³/mol. The van der Waals surface area contributed by atoms with E-state index in [0.717, 1.165) is 61.3 Å². The van der Waals surface area contributed by atoms with Crippen molar-refractivity contribution in [3.63, 3.8) is 0 Å². The summed E-state index contributed by atoms with van der Waals surface area (Å²) in [6.45, 7) is 7.90. The summed E-state index contributed by atoms with van der Waals surface area (Å²) in [6, 6.07) is 4.99. The Kier molecular flexibility index (Phi) is 5.96. The second-order valence-electron chi connectivity index (χ2n) is 7.95. The molecule has 1 aromatic heterocycles. The maximum atomic E-state index is 12.2. The lowest BCUT2D eigenvalue weighted by molar-refractivity contribution is -0.144. The number of aliphatic carboxylic acids is 1. The van der Waals surface area contributed by atoms with Gasteiger partial charge in [-0.25, -0.2) is 0 Å². The number of rotatable bonds is 7. The van der Waals surface area contributed by atoms with E-state index in [1.807, 2.05) is 24.4 Å². The van der Waals surface area contributed by atoms with Crippen LogP contribution in [0.5, 0.6) is 0 Å². The van der Waals surface area contributed by atoms with Crippen molar-refractivity contribution in [3.8, 4) is 0 Å². The summed E-state index contributed by atoms with van der Waals surface area (Å²) < 4.78 is 0. The minimum atomic E-state index is -0.819. The molecule has 0 unspecified atom stereocenters. The van der Waals surface area contributed by atoms with Crippen LogP contribution in [0.1, 0.15) is 30.0 Å². The van der Waals surface area contributed by atoms with Crippen molar-refractivity contribution >= 4 is 16.9 Å². The lowest BCUT2D eigenvalue weighted by Gasteiger charge is -2.38. The molecule has 2 aliphatic rings. The first-order chi connectivity index (χ1) is 13.7. The number of aromatic nitrogens is 1. The molecule has 3 N–H and O–H groups in total.